The first-order chi connectivity index (χ1) is 7.65. The first kappa shape index (κ1) is 12.6. The van der Waals surface area contributed by atoms with Gasteiger partial charge in [-0.25, -0.2) is 0 Å². The maximum absolute atomic E-state index is 11.9. The summed E-state index contributed by atoms with van der Waals surface area (Å²) in [7, 11) is 0. The lowest BCUT2D eigenvalue weighted by molar-refractivity contribution is -0.118. The van der Waals surface area contributed by atoms with Gasteiger partial charge in [0, 0.05) is 24.3 Å². The minimum atomic E-state index is -0.0714. The summed E-state index contributed by atoms with van der Waals surface area (Å²) < 4.78 is 0. The van der Waals surface area contributed by atoms with E-state index in [1.54, 1.807) is 0 Å². The maximum atomic E-state index is 11.9. The minimum Gasteiger partial charge on any atom is -0.300 e. The fourth-order valence-corrected chi connectivity index (χ4v) is 1.57. The van der Waals surface area contributed by atoms with Crippen molar-refractivity contribution in [2.45, 2.75) is 33.1 Å². The van der Waals surface area contributed by atoms with Crippen LogP contribution in [0.25, 0.3) is 0 Å². The standard InChI is InChI=1S/C14H18O2/c1-3-13(15)10-9-11(2)14(16)12-7-5-4-6-8-12/h4-8,11H,3,9-10H2,1-2H3. The van der Waals surface area contributed by atoms with Crippen molar-refractivity contribution >= 4 is 11.6 Å². The van der Waals surface area contributed by atoms with E-state index < -0.39 is 0 Å². The van der Waals surface area contributed by atoms with Gasteiger partial charge in [-0.15, -0.1) is 0 Å². The highest BCUT2D eigenvalue weighted by molar-refractivity contribution is 5.97. The molecule has 1 atom stereocenters. The maximum Gasteiger partial charge on any atom is 0.165 e. The van der Waals surface area contributed by atoms with Gasteiger partial charge in [-0.3, -0.25) is 9.59 Å². The number of rotatable bonds is 6. The fourth-order valence-electron chi connectivity index (χ4n) is 1.57. The molecule has 0 saturated carbocycles. The van der Waals surface area contributed by atoms with Gasteiger partial charge in [-0.1, -0.05) is 44.2 Å². The van der Waals surface area contributed by atoms with E-state index in [-0.39, 0.29) is 17.5 Å². The van der Waals surface area contributed by atoms with E-state index in [0.29, 0.717) is 19.3 Å². The summed E-state index contributed by atoms with van der Waals surface area (Å²) in [6.45, 7) is 3.74. The number of Topliss-reactive ketones (excluding diaryl/α,β-unsaturated/α-hetero) is 2. The summed E-state index contributed by atoms with van der Waals surface area (Å²) in [5, 5.41) is 0. The van der Waals surface area contributed by atoms with Gasteiger partial charge in [-0.2, -0.15) is 0 Å². The quantitative estimate of drug-likeness (QED) is 0.687. The van der Waals surface area contributed by atoms with E-state index in [1.165, 1.54) is 0 Å². The number of benzene rings is 1. The molecule has 2 heteroatoms. The molecule has 0 aromatic heterocycles. The third kappa shape index (κ3) is 3.61. The van der Waals surface area contributed by atoms with Crippen LogP contribution in [0.15, 0.2) is 30.3 Å². The molecule has 0 amide bonds. The molecule has 0 bridgehead atoms. The van der Waals surface area contributed by atoms with E-state index in [1.807, 2.05) is 44.2 Å². The van der Waals surface area contributed by atoms with Gasteiger partial charge >= 0.3 is 0 Å². The second-order valence-electron chi connectivity index (χ2n) is 4.06. The van der Waals surface area contributed by atoms with E-state index in [4.69, 9.17) is 0 Å². The molecule has 1 unspecified atom stereocenters. The van der Waals surface area contributed by atoms with Crippen molar-refractivity contribution in [3.63, 3.8) is 0 Å². The van der Waals surface area contributed by atoms with Gasteiger partial charge in [-0.05, 0) is 6.42 Å². The topological polar surface area (TPSA) is 34.1 Å². The van der Waals surface area contributed by atoms with Crippen LogP contribution in [0.3, 0.4) is 0 Å². The Bertz CT molecular complexity index is 354. The first-order valence-electron chi connectivity index (χ1n) is 5.76. The summed E-state index contributed by atoms with van der Waals surface area (Å²) in [6, 6.07) is 9.25. The lowest BCUT2D eigenvalue weighted by atomic mass is 9.94. The molecule has 1 aromatic carbocycles. The normalized spacial score (nSPS) is 12.1. The fraction of sp³-hybridized carbons (Fsp3) is 0.429. The Balaban J connectivity index is 2.52. The smallest absolute Gasteiger partial charge is 0.165 e. The summed E-state index contributed by atoms with van der Waals surface area (Å²) in [5.74, 6) is 0.287. The second-order valence-corrected chi connectivity index (χ2v) is 4.06. The lowest BCUT2D eigenvalue weighted by Gasteiger charge is -2.09. The highest BCUT2D eigenvalue weighted by Gasteiger charge is 2.15. The Morgan fingerprint density at radius 3 is 2.38 bits per heavy atom. The zero-order chi connectivity index (χ0) is 12.0. The van der Waals surface area contributed by atoms with Crippen molar-refractivity contribution in [3.05, 3.63) is 35.9 Å². The molecule has 0 fully saturated rings. The van der Waals surface area contributed by atoms with Crippen LogP contribution in [0, 0.1) is 5.92 Å². The molecular weight excluding hydrogens is 200 g/mol. The molecule has 2 nitrogen and oxygen atoms in total. The molecule has 1 aromatic rings. The molecule has 0 saturated heterocycles. The molecule has 0 radical (unpaired) electrons. The van der Waals surface area contributed by atoms with Gasteiger partial charge in [0.25, 0.3) is 0 Å². The molecule has 16 heavy (non-hydrogen) atoms. The van der Waals surface area contributed by atoms with Crippen LogP contribution < -0.4 is 0 Å². The van der Waals surface area contributed by atoms with Crippen LogP contribution in [-0.4, -0.2) is 11.6 Å². The van der Waals surface area contributed by atoms with Crippen LogP contribution >= 0.6 is 0 Å². The zero-order valence-corrected chi connectivity index (χ0v) is 9.90. The van der Waals surface area contributed by atoms with Gasteiger partial charge in [0.15, 0.2) is 5.78 Å². The Labute approximate surface area is 96.7 Å². The third-order valence-corrected chi connectivity index (χ3v) is 2.76. The summed E-state index contributed by atoms with van der Waals surface area (Å²) >= 11 is 0. The Morgan fingerprint density at radius 2 is 1.81 bits per heavy atom. The predicted molar refractivity (Wildman–Crippen MR) is 64.5 cm³/mol. The molecule has 0 aliphatic carbocycles. The highest BCUT2D eigenvalue weighted by Crippen LogP contribution is 2.14. The number of hydrogen-bond acceptors (Lipinski definition) is 2. The molecule has 0 aliphatic heterocycles. The number of carbonyl (C=O) groups is 2. The molecular formula is C14H18O2. The first-order valence-corrected chi connectivity index (χ1v) is 5.76. The average molecular weight is 218 g/mol. The minimum absolute atomic E-state index is 0.0714. The Hall–Kier alpha value is -1.44. The van der Waals surface area contributed by atoms with Crippen LogP contribution in [0.1, 0.15) is 43.5 Å². The molecule has 0 heterocycles. The monoisotopic (exact) mass is 218 g/mol. The van der Waals surface area contributed by atoms with Crippen LogP contribution in [0.5, 0.6) is 0 Å². The van der Waals surface area contributed by atoms with Crippen LogP contribution in [0.2, 0.25) is 0 Å². The van der Waals surface area contributed by atoms with Crippen LogP contribution in [0.4, 0.5) is 0 Å². The lowest BCUT2D eigenvalue weighted by Crippen LogP contribution is -2.12. The van der Waals surface area contributed by atoms with E-state index in [9.17, 15) is 9.59 Å². The van der Waals surface area contributed by atoms with Gasteiger partial charge < -0.3 is 0 Å². The Kier molecular flexibility index (Phi) is 4.90. The predicted octanol–water partition coefficient (Wildman–Crippen LogP) is 3.26. The SMILES string of the molecule is CCC(=O)CCC(C)C(=O)c1ccccc1. The van der Waals surface area contributed by atoms with Crippen LogP contribution in [-0.2, 0) is 4.79 Å². The molecule has 0 N–H and O–H groups in total. The largest absolute Gasteiger partial charge is 0.300 e. The number of carbonyl (C=O) groups excluding carboxylic acids is 2. The van der Waals surface area contributed by atoms with Crippen molar-refractivity contribution in [2.24, 2.45) is 5.92 Å². The van der Waals surface area contributed by atoms with Crippen molar-refractivity contribution < 1.29 is 9.59 Å². The van der Waals surface area contributed by atoms with Gasteiger partial charge in [0.2, 0.25) is 0 Å². The summed E-state index contributed by atoms with van der Waals surface area (Å²) in [5.41, 5.74) is 0.735. The summed E-state index contributed by atoms with van der Waals surface area (Å²) in [4.78, 5) is 23.1. The van der Waals surface area contributed by atoms with E-state index in [0.717, 1.165) is 5.56 Å². The van der Waals surface area contributed by atoms with Crippen molar-refractivity contribution in [2.75, 3.05) is 0 Å². The molecule has 86 valence electrons. The van der Waals surface area contributed by atoms with Crippen molar-refractivity contribution in [1.82, 2.24) is 0 Å². The zero-order valence-electron chi connectivity index (χ0n) is 9.90. The molecule has 0 spiro atoms. The number of ketones is 2. The van der Waals surface area contributed by atoms with E-state index >= 15 is 0 Å². The average Bonchev–Trinajstić information content (AvgIpc) is 2.35. The van der Waals surface area contributed by atoms with Crippen molar-refractivity contribution in [1.29, 1.82) is 0 Å². The summed E-state index contributed by atoms with van der Waals surface area (Å²) in [6.07, 6.45) is 1.73. The number of hydrogen-bond donors (Lipinski definition) is 0. The second kappa shape index (κ2) is 6.21. The molecule has 1 rings (SSSR count). The van der Waals surface area contributed by atoms with Gasteiger partial charge in [0.1, 0.15) is 5.78 Å². The van der Waals surface area contributed by atoms with E-state index in [2.05, 4.69) is 0 Å². The van der Waals surface area contributed by atoms with Gasteiger partial charge in [0.05, 0.1) is 0 Å². The highest BCUT2D eigenvalue weighted by atomic mass is 16.1. The third-order valence-electron chi connectivity index (χ3n) is 2.76. The van der Waals surface area contributed by atoms with Crippen molar-refractivity contribution in [3.8, 4) is 0 Å². The Morgan fingerprint density at radius 1 is 1.19 bits per heavy atom. The molecule has 0 aliphatic rings.